The van der Waals surface area contributed by atoms with Crippen molar-refractivity contribution in [3.63, 3.8) is 0 Å². The van der Waals surface area contributed by atoms with Crippen LogP contribution in [0.25, 0.3) is 0 Å². The van der Waals surface area contributed by atoms with Gasteiger partial charge in [0.15, 0.2) is 0 Å². The van der Waals surface area contributed by atoms with Crippen molar-refractivity contribution in [1.29, 1.82) is 0 Å². The molecule has 1 aliphatic heterocycles. The highest BCUT2D eigenvalue weighted by Crippen LogP contribution is 2.35. The van der Waals surface area contributed by atoms with Crippen LogP contribution in [0.15, 0.2) is 0 Å². The molecule has 2 rings (SSSR count). The van der Waals surface area contributed by atoms with Crippen molar-refractivity contribution < 1.29 is 9.53 Å². The molecule has 0 amide bonds. The third-order valence-corrected chi connectivity index (χ3v) is 3.37. The molecule has 4 nitrogen and oxygen atoms in total. The van der Waals surface area contributed by atoms with Gasteiger partial charge < -0.3 is 4.74 Å². The van der Waals surface area contributed by atoms with E-state index < -0.39 is 0 Å². The number of ether oxygens (including phenoxy) is 1. The van der Waals surface area contributed by atoms with Crippen LogP contribution in [0.1, 0.15) is 46.5 Å². The first-order valence-electron chi connectivity index (χ1n) is 6.13. The predicted octanol–water partition coefficient (Wildman–Crippen LogP) is 1.36. The zero-order valence-corrected chi connectivity index (χ0v) is 10.4. The standard InChI is InChI=1S/C12H22N2O2/c1-11(2,3)16-10(15)9-5-4-6-12(7-9)8-13-14-12/h9,13-14H,4-8H2,1-3H3. The lowest BCUT2D eigenvalue weighted by Crippen LogP contribution is -2.71. The second kappa shape index (κ2) is 4.00. The molecular weight excluding hydrogens is 204 g/mol. The fraction of sp³-hybridized carbons (Fsp3) is 0.917. The molecule has 1 saturated carbocycles. The molecule has 1 aliphatic carbocycles. The van der Waals surface area contributed by atoms with E-state index in [-0.39, 0.29) is 23.0 Å². The van der Waals surface area contributed by atoms with Gasteiger partial charge in [0.1, 0.15) is 5.60 Å². The SMILES string of the molecule is CC(C)(C)OC(=O)C1CCCC2(CNN2)C1. The normalized spacial score (nSPS) is 34.6. The molecule has 2 atom stereocenters. The molecular formula is C12H22N2O2. The minimum Gasteiger partial charge on any atom is -0.460 e. The van der Waals surface area contributed by atoms with Gasteiger partial charge in [-0.3, -0.25) is 15.6 Å². The molecule has 1 saturated heterocycles. The largest absolute Gasteiger partial charge is 0.460 e. The van der Waals surface area contributed by atoms with Gasteiger partial charge in [0.05, 0.1) is 5.92 Å². The summed E-state index contributed by atoms with van der Waals surface area (Å²) in [7, 11) is 0. The van der Waals surface area contributed by atoms with E-state index in [1.165, 1.54) is 6.42 Å². The van der Waals surface area contributed by atoms with E-state index in [1.54, 1.807) is 0 Å². The Morgan fingerprint density at radius 2 is 2.12 bits per heavy atom. The van der Waals surface area contributed by atoms with Crippen LogP contribution in [0.3, 0.4) is 0 Å². The van der Waals surface area contributed by atoms with E-state index in [1.807, 2.05) is 20.8 Å². The number of hydrogen-bond acceptors (Lipinski definition) is 4. The average Bonchev–Trinajstić information content (AvgIpc) is 2.13. The lowest BCUT2D eigenvalue weighted by Gasteiger charge is -2.48. The number of nitrogens with one attached hydrogen (secondary N) is 2. The molecule has 2 fully saturated rings. The van der Waals surface area contributed by atoms with E-state index in [2.05, 4.69) is 10.9 Å². The molecule has 0 aromatic carbocycles. The van der Waals surface area contributed by atoms with Crippen LogP contribution >= 0.6 is 0 Å². The minimum absolute atomic E-state index is 0.0275. The average molecular weight is 226 g/mol. The van der Waals surface area contributed by atoms with Crippen LogP contribution in [0.4, 0.5) is 0 Å². The summed E-state index contributed by atoms with van der Waals surface area (Å²) in [5.41, 5.74) is 6.13. The maximum absolute atomic E-state index is 12.0. The van der Waals surface area contributed by atoms with Crippen molar-refractivity contribution >= 4 is 5.97 Å². The van der Waals surface area contributed by atoms with Crippen molar-refractivity contribution in [2.75, 3.05) is 6.54 Å². The number of hydrogen-bond donors (Lipinski definition) is 2. The van der Waals surface area contributed by atoms with Gasteiger partial charge in [-0.15, -0.1) is 0 Å². The van der Waals surface area contributed by atoms with Crippen molar-refractivity contribution in [2.45, 2.75) is 57.6 Å². The summed E-state index contributed by atoms with van der Waals surface area (Å²) in [4.78, 5) is 12.0. The van der Waals surface area contributed by atoms with Gasteiger partial charge >= 0.3 is 5.97 Å². The molecule has 92 valence electrons. The Bertz CT molecular complexity index is 279. The second-order valence-electron chi connectivity index (χ2n) is 6.09. The number of esters is 1. The summed E-state index contributed by atoms with van der Waals surface area (Å²) in [6.07, 6.45) is 4.16. The molecule has 2 aliphatic rings. The van der Waals surface area contributed by atoms with Crippen LogP contribution in [-0.4, -0.2) is 23.7 Å². The molecule has 2 N–H and O–H groups in total. The predicted molar refractivity (Wildman–Crippen MR) is 61.7 cm³/mol. The molecule has 0 aromatic heterocycles. The van der Waals surface area contributed by atoms with E-state index in [0.717, 1.165) is 25.8 Å². The van der Waals surface area contributed by atoms with E-state index in [9.17, 15) is 4.79 Å². The monoisotopic (exact) mass is 226 g/mol. The quantitative estimate of drug-likeness (QED) is 0.663. The highest BCUT2D eigenvalue weighted by atomic mass is 16.6. The van der Waals surface area contributed by atoms with Crippen molar-refractivity contribution in [1.82, 2.24) is 10.9 Å². The van der Waals surface area contributed by atoms with Gasteiger partial charge in [0, 0.05) is 12.1 Å². The summed E-state index contributed by atoms with van der Waals surface area (Å²) in [5, 5.41) is 0. The molecule has 2 unspecified atom stereocenters. The van der Waals surface area contributed by atoms with Crippen LogP contribution in [0.5, 0.6) is 0 Å². The molecule has 1 heterocycles. The van der Waals surface area contributed by atoms with Gasteiger partial charge in [-0.05, 0) is 40.0 Å². The number of hydrazine groups is 1. The molecule has 0 radical (unpaired) electrons. The Balaban J connectivity index is 1.91. The second-order valence-corrected chi connectivity index (χ2v) is 6.09. The highest BCUT2D eigenvalue weighted by Gasteiger charge is 2.43. The molecule has 0 aromatic rings. The Labute approximate surface area is 97.1 Å². The van der Waals surface area contributed by atoms with E-state index in [4.69, 9.17) is 4.74 Å². The van der Waals surface area contributed by atoms with Crippen LogP contribution < -0.4 is 10.9 Å². The third kappa shape index (κ3) is 2.55. The van der Waals surface area contributed by atoms with Gasteiger partial charge in [-0.2, -0.15) is 0 Å². The Morgan fingerprint density at radius 1 is 1.44 bits per heavy atom. The van der Waals surface area contributed by atoms with Crippen molar-refractivity contribution in [2.24, 2.45) is 5.92 Å². The van der Waals surface area contributed by atoms with Gasteiger partial charge in [0.25, 0.3) is 0 Å². The number of rotatable bonds is 1. The van der Waals surface area contributed by atoms with E-state index >= 15 is 0 Å². The highest BCUT2D eigenvalue weighted by molar-refractivity contribution is 5.73. The lowest BCUT2D eigenvalue weighted by atomic mass is 9.74. The first-order valence-corrected chi connectivity index (χ1v) is 6.13. The summed E-state index contributed by atoms with van der Waals surface area (Å²) >= 11 is 0. The maximum Gasteiger partial charge on any atom is 0.309 e. The van der Waals surface area contributed by atoms with Crippen molar-refractivity contribution in [3.8, 4) is 0 Å². The van der Waals surface area contributed by atoms with E-state index in [0.29, 0.717) is 0 Å². The molecule has 16 heavy (non-hydrogen) atoms. The Kier molecular flexibility index (Phi) is 2.97. The fourth-order valence-corrected chi connectivity index (χ4v) is 2.56. The van der Waals surface area contributed by atoms with Crippen LogP contribution in [0, 0.1) is 5.92 Å². The summed E-state index contributed by atoms with van der Waals surface area (Å²) < 4.78 is 5.45. The summed E-state index contributed by atoms with van der Waals surface area (Å²) in [6, 6.07) is 0. The lowest BCUT2D eigenvalue weighted by molar-refractivity contribution is -0.162. The fourth-order valence-electron chi connectivity index (χ4n) is 2.56. The van der Waals surface area contributed by atoms with Crippen molar-refractivity contribution in [3.05, 3.63) is 0 Å². The topological polar surface area (TPSA) is 50.4 Å². The zero-order valence-electron chi connectivity index (χ0n) is 10.4. The molecule has 1 spiro atoms. The van der Waals surface area contributed by atoms with Gasteiger partial charge in [0.2, 0.25) is 0 Å². The first-order chi connectivity index (χ1) is 7.40. The van der Waals surface area contributed by atoms with Gasteiger partial charge in [-0.25, -0.2) is 0 Å². The number of carbonyl (C=O) groups excluding carboxylic acids is 1. The third-order valence-electron chi connectivity index (χ3n) is 3.37. The Morgan fingerprint density at radius 3 is 2.62 bits per heavy atom. The molecule has 0 bridgehead atoms. The Hall–Kier alpha value is -0.610. The van der Waals surface area contributed by atoms with Crippen LogP contribution in [-0.2, 0) is 9.53 Å². The molecule has 4 heteroatoms. The smallest absolute Gasteiger partial charge is 0.309 e. The summed E-state index contributed by atoms with van der Waals surface area (Å²) in [6.45, 7) is 6.75. The summed E-state index contributed by atoms with van der Waals surface area (Å²) in [5.74, 6) is 0.0443. The van der Waals surface area contributed by atoms with Crippen LogP contribution in [0.2, 0.25) is 0 Å². The first kappa shape index (κ1) is 11.9. The zero-order chi connectivity index (χ0) is 11.8. The number of carbonyl (C=O) groups is 1. The van der Waals surface area contributed by atoms with Gasteiger partial charge in [-0.1, -0.05) is 6.42 Å². The maximum atomic E-state index is 12.0. The minimum atomic E-state index is -0.368.